The number of carbonyl (C=O) groups is 2. The van der Waals surface area contributed by atoms with Crippen LogP contribution in [0.4, 0.5) is 14.9 Å². The predicted octanol–water partition coefficient (Wildman–Crippen LogP) is -0.506. The Hall–Kier alpha value is -1.99. The number of urea groups is 1. The second kappa shape index (κ2) is 4.11. The first kappa shape index (κ1) is 11.5. The van der Waals surface area contributed by atoms with E-state index in [1.165, 1.54) is 24.3 Å². The summed E-state index contributed by atoms with van der Waals surface area (Å²) in [5.74, 6) is -1.05. The summed E-state index contributed by atoms with van der Waals surface area (Å²) in [5, 5.41) is 2.07. The maximum absolute atomic E-state index is 12.8. The highest BCUT2D eigenvalue weighted by Crippen LogP contribution is 2.19. The van der Waals surface area contributed by atoms with Crippen molar-refractivity contribution in [3.63, 3.8) is 0 Å². The third-order valence-electron chi connectivity index (χ3n) is 2.52. The number of benzene rings is 1. The predicted molar refractivity (Wildman–Crippen MR) is 58.4 cm³/mol. The Morgan fingerprint density at radius 2 is 1.76 bits per heavy atom. The molecule has 1 fully saturated rings. The molecule has 0 aliphatic carbocycles. The van der Waals surface area contributed by atoms with E-state index in [9.17, 15) is 14.0 Å². The highest BCUT2D eigenvalue weighted by atomic mass is 19.1. The van der Waals surface area contributed by atoms with E-state index in [1.54, 1.807) is 0 Å². The van der Waals surface area contributed by atoms with Crippen LogP contribution in [0.3, 0.4) is 0 Å². The first-order valence-electron chi connectivity index (χ1n) is 4.91. The van der Waals surface area contributed by atoms with Crippen LogP contribution in [0.2, 0.25) is 0 Å². The number of amides is 3. The van der Waals surface area contributed by atoms with Crippen LogP contribution in [0.25, 0.3) is 0 Å². The fourth-order valence-electron chi connectivity index (χ4n) is 1.59. The van der Waals surface area contributed by atoms with Crippen molar-refractivity contribution in [2.24, 2.45) is 11.5 Å². The summed E-state index contributed by atoms with van der Waals surface area (Å²) in [6.45, 7) is 0. The number of nitrogens with zero attached hydrogens (tertiary/aromatic N) is 1. The number of nitrogens with one attached hydrogen (secondary N) is 1. The Morgan fingerprint density at radius 3 is 2.35 bits per heavy atom. The van der Waals surface area contributed by atoms with E-state index in [0.717, 1.165) is 4.90 Å². The average molecular weight is 238 g/mol. The van der Waals surface area contributed by atoms with E-state index in [4.69, 9.17) is 11.5 Å². The SMILES string of the molecule is NC1C(=O)NC(=O)N(c2ccc(F)cc2)C1N. The van der Waals surface area contributed by atoms with E-state index in [1.807, 2.05) is 0 Å². The van der Waals surface area contributed by atoms with Gasteiger partial charge in [-0.1, -0.05) is 0 Å². The normalized spacial score (nSPS) is 24.8. The summed E-state index contributed by atoms with van der Waals surface area (Å²) in [4.78, 5) is 23.9. The minimum atomic E-state index is -1.02. The molecule has 1 heterocycles. The minimum Gasteiger partial charge on any atom is -0.317 e. The molecule has 0 spiro atoms. The average Bonchev–Trinajstić information content (AvgIpc) is 2.29. The van der Waals surface area contributed by atoms with E-state index >= 15 is 0 Å². The van der Waals surface area contributed by atoms with Gasteiger partial charge >= 0.3 is 6.03 Å². The zero-order valence-electron chi connectivity index (χ0n) is 8.76. The Kier molecular flexibility index (Phi) is 2.78. The number of imide groups is 1. The summed E-state index contributed by atoms with van der Waals surface area (Å²) in [5.41, 5.74) is 11.6. The quantitative estimate of drug-likeness (QED) is 0.613. The molecule has 0 radical (unpaired) electrons. The first-order chi connectivity index (χ1) is 8.00. The van der Waals surface area contributed by atoms with Gasteiger partial charge in [-0.15, -0.1) is 0 Å². The van der Waals surface area contributed by atoms with Gasteiger partial charge in [0.1, 0.15) is 18.0 Å². The molecule has 0 saturated carbocycles. The fourth-order valence-corrected chi connectivity index (χ4v) is 1.59. The molecule has 2 atom stereocenters. The number of halogens is 1. The zero-order chi connectivity index (χ0) is 12.6. The third kappa shape index (κ3) is 1.97. The molecule has 17 heavy (non-hydrogen) atoms. The van der Waals surface area contributed by atoms with Gasteiger partial charge < -0.3 is 11.5 Å². The summed E-state index contributed by atoms with van der Waals surface area (Å²) < 4.78 is 12.8. The molecule has 1 aliphatic rings. The van der Waals surface area contributed by atoms with Gasteiger partial charge in [0.05, 0.1) is 0 Å². The van der Waals surface area contributed by atoms with Gasteiger partial charge in [-0.05, 0) is 24.3 Å². The van der Waals surface area contributed by atoms with Crippen molar-refractivity contribution in [2.75, 3.05) is 4.90 Å². The molecule has 6 nitrogen and oxygen atoms in total. The topological polar surface area (TPSA) is 101 Å². The summed E-state index contributed by atoms with van der Waals surface area (Å²) in [6, 6.07) is 3.47. The maximum atomic E-state index is 12.8. The molecule has 2 unspecified atom stereocenters. The first-order valence-corrected chi connectivity index (χ1v) is 4.91. The third-order valence-corrected chi connectivity index (χ3v) is 2.52. The van der Waals surface area contributed by atoms with Gasteiger partial charge in [0.15, 0.2) is 0 Å². The van der Waals surface area contributed by atoms with Gasteiger partial charge in [0.25, 0.3) is 0 Å². The molecule has 1 saturated heterocycles. The standard InChI is InChI=1S/C10H11FN4O2/c11-5-1-3-6(4-2-5)15-8(13)7(12)9(16)14-10(15)17/h1-4,7-8H,12-13H2,(H,14,16,17). The highest BCUT2D eigenvalue weighted by Gasteiger charge is 2.37. The fraction of sp³-hybridized carbons (Fsp3) is 0.200. The van der Waals surface area contributed by atoms with Crippen LogP contribution in [0.5, 0.6) is 0 Å². The maximum Gasteiger partial charge on any atom is 0.329 e. The number of anilines is 1. The molecule has 1 aromatic carbocycles. The van der Waals surface area contributed by atoms with Gasteiger partial charge in [-0.3, -0.25) is 15.0 Å². The molecular formula is C10H11FN4O2. The van der Waals surface area contributed by atoms with Crippen molar-refractivity contribution in [1.29, 1.82) is 0 Å². The van der Waals surface area contributed by atoms with Crippen molar-refractivity contribution < 1.29 is 14.0 Å². The Morgan fingerprint density at radius 1 is 1.18 bits per heavy atom. The second-order valence-electron chi connectivity index (χ2n) is 3.66. The largest absolute Gasteiger partial charge is 0.329 e. The smallest absolute Gasteiger partial charge is 0.317 e. The van der Waals surface area contributed by atoms with Crippen molar-refractivity contribution in [1.82, 2.24) is 5.32 Å². The van der Waals surface area contributed by atoms with Gasteiger partial charge in [-0.25, -0.2) is 9.18 Å². The van der Waals surface area contributed by atoms with Crippen molar-refractivity contribution in [2.45, 2.75) is 12.2 Å². The minimum absolute atomic E-state index is 0.374. The zero-order valence-corrected chi connectivity index (χ0v) is 8.76. The Bertz CT molecular complexity index is 462. The number of rotatable bonds is 1. The number of nitrogens with two attached hydrogens (primary N) is 2. The molecule has 2 rings (SSSR count). The molecule has 0 bridgehead atoms. The number of carbonyl (C=O) groups excluding carboxylic acids is 2. The van der Waals surface area contributed by atoms with Crippen LogP contribution in [0, 0.1) is 5.82 Å². The Labute approximate surface area is 96.4 Å². The summed E-state index contributed by atoms with van der Waals surface area (Å²) >= 11 is 0. The summed E-state index contributed by atoms with van der Waals surface area (Å²) in [6.07, 6.45) is -0.971. The number of hydrogen-bond acceptors (Lipinski definition) is 4. The molecule has 90 valence electrons. The van der Waals surface area contributed by atoms with Gasteiger partial charge in [-0.2, -0.15) is 0 Å². The molecule has 3 amide bonds. The molecular weight excluding hydrogens is 227 g/mol. The Balaban J connectivity index is 2.33. The monoisotopic (exact) mass is 238 g/mol. The molecule has 0 aromatic heterocycles. The second-order valence-corrected chi connectivity index (χ2v) is 3.66. The van der Waals surface area contributed by atoms with Crippen LogP contribution in [0.15, 0.2) is 24.3 Å². The molecule has 1 aliphatic heterocycles. The van der Waals surface area contributed by atoms with E-state index in [0.29, 0.717) is 5.69 Å². The van der Waals surface area contributed by atoms with Crippen LogP contribution < -0.4 is 21.7 Å². The molecule has 5 N–H and O–H groups in total. The van der Waals surface area contributed by atoms with Crippen LogP contribution in [0.1, 0.15) is 0 Å². The van der Waals surface area contributed by atoms with Crippen LogP contribution in [-0.2, 0) is 4.79 Å². The lowest BCUT2D eigenvalue weighted by molar-refractivity contribution is -0.122. The van der Waals surface area contributed by atoms with Gasteiger partial charge in [0, 0.05) is 5.69 Å². The van der Waals surface area contributed by atoms with Crippen molar-refractivity contribution in [3.8, 4) is 0 Å². The lowest BCUT2D eigenvalue weighted by Gasteiger charge is -2.36. The lowest BCUT2D eigenvalue weighted by Crippen LogP contribution is -2.69. The molecule has 7 heteroatoms. The van der Waals surface area contributed by atoms with Crippen LogP contribution in [-0.4, -0.2) is 24.1 Å². The van der Waals surface area contributed by atoms with Crippen molar-refractivity contribution in [3.05, 3.63) is 30.1 Å². The van der Waals surface area contributed by atoms with E-state index < -0.39 is 30.0 Å². The summed E-state index contributed by atoms with van der Waals surface area (Å²) in [7, 11) is 0. The highest BCUT2D eigenvalue weighted by molar-refractivity contribution is 6.08. The number of hydrogen-bond donors (Lipinski definition) is 3. The lowest BCUT2D eigenvalue weighted by atomic mass is 10.1. The molecule has 1 aromatic rings. The van der Waals surface area contributed by atoms with Crippen LogP contribution >= 0.6 is 0 Å². The van der Waals surface area contributed by atoms with Gasteiger partial charge in [0.2, 0.25) is 5.91 Å². The van der Waals surface area contributed by atoms with E-state index in [2.05, 4.69) is 5.32 Å². The van der Waals surface area contributed by atoms with Crippen molar-refractivity contribution >= 4 is 17.6 Å². The van der Waals surface area contributed by atoms with E-state index in [-0.39, 0.29) is 0 Å².